The van der Waals surface area contributed by atoms with Crippen LogP contribution in [0.1, 0.15) is 35.8 Å². The molecule has 0 bridgehead atoms. The smallest absolute Gasteiger partial charge is 0.171 e. The van der Waals surface area contributed by atoms with Gasteiger partial charge in [0.05, 0.1) is 31.4 Å². The Balaban J connectivity index is 1.42. The van der Waals surface area contributed by atoms with Crippen molar-refractivity contribution in [1.82, 2.24) is 14.5 Å². The second-order valence-electron chi connectivity index (χ2n) is 7.99. The molecular formula is C25H26N4O2. The number of ether oxygens (including phenoxy) is 1. The van der Waals surface area contributed by atoms with Gasteiger partial charge in [0.15, 0.2) is 11.9 Å². The minimum absolute atomic E-state index is 0.0256. The van der Waals surface area contributed by atoms with Gasteiger partial charge in [-0.05, 0) is 54.7 Å². The van der Waals surface area contributed by atoms with Gasteiger partial charge < -0.3 is 19.0 Å². The number of rotatable bonds is 4. The lowest BCUT2D eigenvalue weighted by atomic mass is 9.98. The summed E-state index contributed by atoms with van der Waals surface area (Å²) in [5.41, 5.74) is 5.39. The number of benzene rings is 2. The average Bonchev–Trinajstić information content (AvgIpc) is 3.25. The van der Waals surface area contributed by atoms with Crippen molar-refractivity contribution in [3.63, 3.8) is 0 Å². The summed E-state index contributed by atoms with van der Waals surface area (Å²) in [6.07, 6.45) is 8.06. The fourth-order valence-electron chi connectivity index (χ4n) is 4.24. The molecule has 0 amide bonds. The van der Waals surface area contributed by atoms with E-state index in [1.165, 1.54) is 5.57 Å². The molecule has 0 aliphatic carbocycles. The number of aromatic nitrogens is 2. The molecule has 1 atom stereocenters. The van der Waals surface area contributed by atoms with E-state index in [4.69, 9.17) is 9.57 Å². The van der Waals surface area contributed by atoms with Crippen LogP contribution in [0.3, 0.4) is 0 Å². The molecule has 1 fully saturated rings. The van der Waals surface area contributed by atoms with Gasteiger partial charge in [-0.3, -0.25) is 0 Å². The maximum absolute atomic E-state index is 5.90. The van der Waals surface area contributed by atoms with Crippen molar-refractivity contribution in [2.45, 2.75) is 25.9 Å². The van der Waals surface area contributed by atoms with E-state index in [2.05, 4.69) is 51.4 Å². The van der Waals surface area contributed by atoms with Crippen LogP contribution in [0.25, 0.3) is 11.8 Å². The SMILES string of the molecule is COc1cc(/C=C2\CCCN3CC(c4ccccc4)ON=C23)ccc1-n1cnc(C)c1. The Morgan fingerprint density at radius 3 is 2.81 bits per heavy atom. The summed E-state index contributed by atoms with van der Waals surface area (Å²) in [7, 11) is 1.70. The maximum atomic E-state index is 5.90. The van der Waals surface area contributed by atoms with Gasteiger partial charge in [-0.25, -0.2) is 4.98 Å². The highest BCUT2D eigenvalue weighted by Gasteiger charge is 2.30. The molecule has 6 heteroatoms. The summed E-state index contributed by atoms with van der Waals surface area (Å²) < 4.78 is 7.65. The minimum Gasteiger partial charge on any atom is -0.495 e. The van der Waals surface area contributed by atoms with E-state index in [0.717, 1.165) is 60.0 Å². The molecule has 2 aromatic carbocycles. The second kappa shape index (κ2) is 8.30. The van der Waals surface area contributed by atoms with Crippen LogP contribution >= 0.6 is 0 Å². The van der Waals surface area contributed by atoms with Gasteiger partial charge in [0.25, 0.3) is 0 Å². The highest BCUT2D eigenvalue weighted by atomic mass is 16.6. The lowest BCUT2D eigenvalue weighted by molar-refractivity contribution is 0.0184. The molecule has 0 spiro atoms. The van der Waals surface area contributed by atoms with E-state index in [1.54, 1.807) is 7.11 Å². The molecule has 3 heterocycles. The number of oxime groups is 1. The van der Waals surface area contributed by atoms with Crippen LogP contribution in [-0.4, -0.2) is 40.5 Å². The highest BCUT2D eigenvalue weighted by molar-refractivity contribution is 6.02. The molecule has 0 radical (unpaired) electrons. The van der Waals surface area contributed by atoms with Crippen LogP contribution in [0.5, 0.6) is 5.75 Å². The number of fused-ring (bicyclic) bond motifs is 1. The molecule has 0 N–H and O–H groups in total. The van der Waals surface area contributed by atoms with Crippen LogP contribution in [0.15, 0.2) is 71.8 Å². The van der Waals surface area contributed by atoms with E-state index in [-0.39, 0.29) is 6.10 Å². The maximum Gasteiger partial charge on any atom is 0.171 e. The molecule has 2 aliphatic rings. The van der Waals surface area contributed by atoms with Crippen LogP contribution < -0.4 is 4.74 Å². The molecule has 31 heavy (non-hydrogen) atoms. The third-order valence-electron chi connectivity index (χ3n) is 5.82. The summed E-state index contributed by atoms with van der Waals surface area (Å²) in [6, 6.07) is 16.5. The van der Waals surface area contributed by atoms with Crippen molar-refractivity contribution in [2.24, 2.45) is 5.16 Å². The van der Waals surface area contributed by atoms with E-state index in [9.17, 15) is 0 Å². The molecule has 5 rings (SSSR count). The normalized spacial score (nSPS) is 19.5. The molecule has 6 nitrogen and oxygen atoms in total. The Kier molecular flexibility index (Phi) is 5.20. The zero-order chi connectivity index (χ0) is 21.2. The second-order valence-corrected chi connectivity index (χ2v) is 7.99. The highest BCUT2D eigenvalue weighted by Crippen LogP contribution is 2.31. The van der Waals surface area contributed by atoms with Gasteiger partial charge in [-0.1, -0.05) is 41.6 Å². The summed E-state index contributed by atoms with van der Waals surface area (Å²) in [5.74, 6) is 1.76. The van der Waals surface area contributed by atoms with Crippen molar-refractivity contribution in [1.29, 1.82) is 0 Å². The predicted octanol–water partition coefficient (Wildman–Crippen LogP) is 4.75. The number of nitrogens with zero attached hydrogens (tertiary/aromatic N) is 4. The van der Waals surface area contributed by atoms with Gasteiger partial charge >= 0.3 is 0 Å². The zero-order valence-electron chi connectivity index (χ0n) is 17.9. The Hall–Kier alpha value is -3.54. The molecule has 1 saturated heterocycles. The first-order chi connectivity index (χ1) is 15.2. The third-order valence-corrected chi connectivity index (χ3v) is 5.82. The van der Waals surface area contributed by atoms with Crippen molar-refractivity contribution in [3.8, 4) is 11.4 Å². The van der Waals surface area contributed by atoms with E-state index < -0.39 is 0 Å². The monoisotopic (exact) mass is 414 g/mol. The topological polar surface area (TPSA) is 51.9 Å². The standard InChI is InChI=1S/C25H26N4O2/c1-18-15-29(17-26-18)22-11-10-19(14-23(22)30-2)13-21-9-6-12-28-16-24(31-27-25(21)28)20-7-4-3-5-8-20/h3-5,7-8,10-11,13-15,17,24H,6,9,12,16H2,1-2H3/b21-13+. The Labute approximate surface area is 182 Å². The first kappa shape index (κ1) is 19.4. The summed E-state index contributed by atoms with van der Waals surface area (Å²) >= 11 is 0. The number of hydrogen-bond donors (Lipinski definition) is 0. The molecule has 0 saturated carbocycles. The largest absolute Gasteiger partial charge is 0.495 e. The summed E-state index contributed by atoms with van der Waals surface area (Å²) in [4.78, 5) is 12.6. The van der Waals surface area contributed by atoms with Crippen molar-refractivity contribution < 1.29 is 9.57 Å². The first-order valence-corrected chi connectivity index (χ1v) is 10.6. The fraction of sp³-hybridized carbons (Fsp3) is 0.280. The first-order valence-electron chi connectivity index (χ1n) is 10.6. The van der Waals surface area contributed by atoms with E-state index >= 15 is 0 Å². The predicted molar refractivity (Wildman–Crippen MR) is 121 cm³/mol. The lowest BCUT2D eigenvalue weighted by Gasteiger charge is -2.37. The number of imidazole rings is 1. The van der Waals surface area contributed by atoms with Crippen molar-refractivity contribution in [2.75, 3.05) is 20.2 Å². The Morgan fingerprint density at radius 1 is 1.16 bits per heavy atom. The summed E-state index contributed by atoms with van der Waals surface area (Å²) in [5, 5.41) is 4.53. The van der Waals surface area contributed by atoms with Crippen LogP contribution in [0.4, 0.5) is 0 Å². The van der Waals surface area contributed by atoms with Gasteiger partial charge in [0.1, 0.15) is 5.75 Å². The van der Waals surface area contributed by atoms with Crippen LogP contribution in [0, 0.1) is 6.92 Å². The third kappa shape index (κ3) is 3.93. The fourth-order valence-corrected chi connectivity index (χ4v) is 4.24. The van der Waals surface area contributed by atoms with Gasteiger partial charge in [-0.15, -0.1) is 0 Å². The van der Waals surface area contributed by atoms with Crippen molar-refractivity contribution >= 4 is 11.9 Å². The molecular weight excluding hydrogens is 388 g/mol. The number of methoxy groups -OCH3 is 1. The van der Waals surface area contributed by atoms with Gasteiger partial charge in [0.2, 0.25) is 0 Å². The quantitative estimate of drug-likeness (QED) is 0.618. The minimum atomic E-state index is -0.0256. The van der Waals surface area contributed by atoms with E-state index in [1.807, 2.05) is 42.2 Å². The summed E-state index contributed by atoms with van der Waals surface area (Å²) in [6.45, 7) is 3.81. The lowest BCUT2D eigenvalue weighted by Crippen LogP contribution is -2.43. The van der Waals surface area contributed by atoms with Crippen LogP contribution in [0.2, 0.25) is 0 Å². The molecule has 158 valence electrons. The zero-order valence-corrected chi connectivity index (χ0v) is 17.9. The molecule has 1 unspecified atom stereocenters. The molecule has 1 aromatic heterocycles. The number of amidine groups is 1. The number of hydrogen-bond acceptors (Lipinski definition) is 5. The van der Waals surface area contributed by atoms with Gasteiger partial charge in [0, 0.05) is 12.7 Å². The van der Waals surface area contributed by atoms with E-state index in [0.29, 0.717) is 0 Å². The Bertz CT molecular complexity index is 1130. The Morgan fingerprint density at radius 2 is 2.03 bits per heavy atom. The van der Waals surface area contributed by atoms with Gasteiger partial charge in [-0.2, -0.15) is 0 Å². The number of piperidine rings is 1. The number of aryl methyl sites for hydroxylation is 1. The van der Waals surface area contributed by atoms with Crippen LogP contribution in [-0.2, 0) is 4.84 Å². The van der Waals surface area contributed by atoms with Crippen molar-refractivity contribution in [3.05, 3.63) is 83.4 Å². The molecule has 3 aromatic rings. The molecule has 2 aliphatic heterocycles. The average molecular weight is 415 g/mol.